The van der Waals surface area contributed by atoms with Gasteiger partial charge < -0.3 is 24.6 Å². The van der Waals surface area contributed by atoms with E-state index in [2.05, 4.69) is 15.4 Å². The van der Waals surface area contributed by atoms with Crippen LogP contribution in [-0.4, -0.2) is 63.6 Å². The summed E-state index contributed by atoms with van der Waals surface area (Å²) in [5, 5.41) is 17.1. The van der Waals surface area contributed by atoms with Gasteiger partial charge in [0.05, 0.1) is 12.7 Å². The summed E-state index contributed by atoms with van der Waals surface area (Å²) in [5.74, 6) is -0.0251. The molecule has 0 saturated carbocycles. The maximum atomic E-state index is 9.59. The molecule has 0 spiro atoms. The number of rotatable bonds is 4. The van der Waals surface area contributed by atoms with Crippen LogP contribution in [0.2, 0.25) is 5.28 Å². The highest BCUT2D eigenvalue weighted by atomic mass is 35.5. The number of hydrogen-bond donors (Lipinski definition) is 2. The van der Waals surface area contributed by atoms with E-state index in [0.29, 0.717) is 12.2 Å². The van der Waals surface area contributed by atoms with E-state index < -0.39 is 11.9 Å². The minimum absolute atomic E-state index is 0.107. The van der Waals surface area contributed by atoms with E-state index in [1.165, 1.54) is 0 Å². The molecule has 2 aromatic heterocycles. The first kappa shape index (κ1) is 17.0. The summed E-state index contributed by atoms with van der Waals surface area (Å²) in [7, 11) is 1.79. The highest BCUT2D eigenvalue weighted by Crippen LogP contribution is 2.39. The molecule has 0 aliphatic carbocycles. The van der Waals surface area contributed by atoms with Crippen molar-refractivity contribution in [1.82, 2.24) is 14.6 Å². The third-order valence-electron chi connectivity index (χ3n) is 4.64. The van der Waals surface area contributed by atoms with Crippen molar-refractivity contribution in [1.29, 1.82) is 0 Å². The molecule has 2 N–H and O–H groups in total. The van der Waals surface area contributed by atoms with Gasteiger partial charge in [-0.25, -0.2) is 4.52 Å². The van der Waals surface area contributed by atoms with Crippen molar-refractivity contribution in [3.8, 4) is 0 Å². The van der Waals surface area contributed by atoms with Gasteiger partial charge in [-0.05, 0) is 37.6 Å². The van der Waals surface area contributed by atoms with E-state index in [-0.39, 0.29) is 30.2 Å². The number of aliphatic hydroxyl groups is 1. The Kier molecular flexibility index (Phi) is 4.12. The molecule has 25 heavy (non-hydrogen) atoms. The number of aromatic nitrogens is 3. The second kappa shape index (κ2) is 6.07. The van der Waals surface area contributed by atoms with Crippen LogP contribution < -0.4 is 5.32 Å². The second-order valence-electron chi connectivity index (χ2n) is 6.77. The highest BCUT2D eigenvalue weighted by Gasteiger charge is 2.54. The van der Waals surface area contributed by atoms with Gasteiger partial charge >= 0.3 is 0 Å². The van der Waals surface area contributed by atoms with E-state index in [0.717, 1.165) is 11.2 Å². The number of nitrogens with one attached hydrogen (secondary N) is 1. The van der Waals surface area contributed by atoms with Crippen LogP contribution in [0.5, 0.6) is 0 Å². The largest absolute Gasteiger partial charge is 0.394 e. The quantitative estimate of drug-likeness (QED) is 0.839. The van der Waals surface area contributed by atoms with Crippen molar-refractivity contribution in [3.63, 3.8) is 0 Å². The fraction of sp³-hybridized carbons (Fsp3) is 0.625. The van der Waals surface area contributed by atoms with Crippen LogP contribution in [0.1, 0.15) is 19.5 Å². The van der Waals surface area contributed by atoms with Gasteiger partial charge in [-0.3, -0.25) is 0 Å². The van der Waals surface area contributed by atoms with Gasteiger partial charge in [-0.2, -0.15) is 4.98 Å². The van der Waals surface area contributed by atoms with Crippen molar-refractivity contribution in [3.05, 3.63) is 23.1 Å². The summed E-state index contributed by atoms with van der Waals surface area (Å²) in [6, 6.07) is 3.90. The van der Waals surface area contributed by atoms with Crippen LogP contribution in [0.3, 0.4) is 0 Å². The molecule has 4 heterocycles. The smallest absolute Gasteiger partial charge is 0.243 e. The van der Waals surface area contributed by atoms with Crippen LogP contribution in [0, 0.1) is 0 Å². The molecule has 8 nitrogen and oxygen atoms in total. The standard InChI is InChI=1S/C16H21ClN4O4/c1-16(2)24-12-10(23-11(7-22)13(12)25-16)6-8-4-5-9-14(18-3)19-15(17)20-21(8)9/h4-5,10-13,22H,6-7H2,1-3H3,(H,18,19,20)/t10-,11-,12+,13-/m1/s1. The van der Waals surface area contributed by atoms with Gasteiger partial charge in [0.15, 0.2) is 11.6 Å². The second-order valence-corrected chi connectivity index (χ2v) is 7.10. The topological polar surface area (TPSA) is 90.1 Å². The van der Waals surface area contributed by atoms with Gasteiger partial charge in [0, 0.05) is 19.2 Å². The van der Waals surface area contributed by atoms with Crippen LogP contribution in [0.4, 0.5) is 5.82 Å². The number of halogens is 1. The summed E-state index contributed by atoms with van der Waals surface area (Å²) in [6.07, 6.45) is -0.592. The zero-order valence-corrected chi connectivity index (χ0v) is 15.0. The number of nitrogens with zero attached hydrogens (tertiary/aromatic N) is 3. The highest BCUT2D eigenvalue weighted by molar-refractivity contribution is 6.28. The maximum Gasteiger partial charge on any atom is 0.243 e. The molecule has 2 aromatic rings. The van der Waals surface area contributed by atoms with Crippen molar-refractivity contribution in [2.75, 3.05) is 19.0 Å². The summed E-state index contributed by atoms with van der Waals surface area (Å²) in [4.78, 5) is 4.18. The van der Waals surface area contributed by atoms with Crippen molar-refractivity contribution in [2.24, 2.45) is 0 Å². The summed E-state index contributed by atoms with van der Waals surface area (Å²) >= 11 is 6.03. The van der Waals surface area contributed by atoms with Crippen LogP contribution in [0.25, 0.3) is 5.52 Å². The van der Waals surface area contributed by atoms with E-state index in [4.69, 9.17) is 25.8 Å². The molecule has 4 rings (SSSR count). The van der Waals surface area contributed by atoms with Crippen LogP contribution in [-0.2, 0) is 20.6 Å². The number of hydrogen-bond acceptors (Lipinski definition) is 7. The molecule has 9 heteroatoms. The summed E-state index contributed by atoms with van der Waals surface area (Å²) in [6.45, 7) is 3.63. The van der Waals surface area contributed by atoms with Gasteiger partial charge in [-0.1, -0.05) is 0 Å². The van der Waals surface area contributed by atoms with Crippen molar-refractivity contribution >= 4 is 22.9 Å². The number of aliphatic hydroxyl groups excluding tert-OH is 1. The van der Waals surface area contributed by atoms with Gasteiger partial charge in [0.25, 0.3) is 0 Å². The Balaban J connectivity index is 1.64. The molecule has 2 fully saturated rings. The average Bonchev–Trinajstić information content (AvgIpc) is 3.19. The zero-order chi connectivity index (χ0) is 17.8. The molecule has 136 valence electrons. The third-order valence-corrected chi connectivity index (χ3v) is 4.80. The Hall–Kier alpha value is -1.45. The molecule has 2 aliphatic heterocycles. The number of fused-ring (bicyclic) bond motifs is 2. The Labute approximate surface area is 150 Å². The lowest BCUT2D eigenvalue weighted by atomic mass is 10.0. The Morgan fingerprint density at radius 3 is 2.68 bits per heavy atom. The molecular weight excluding hydrogens is 348 g/mol. The molecule has 2 saturated heterocycles. The van der Waals surface area contributed by atoms with Crippen molar-refractivity contribution in [2.45, 2.75) is 50.5 Å². The van der Waals surface area contributed by atoms with E-state index >= 15 is 0 Å². The molecule has 4 atom stereocenters. The Morgan fingerprint density at radius 1 is 1.28 bits per heavy atom. The molecule has 0 bridgehead atoms. The normalized spacial score (nSPS) is 30.8. The monoisotopic (exact) mass is 368 g/mol. The average molecular weight is 369 g/mol. The first-order valence-corrected chi connectivity index (χ1v) is 8.63. The van der Waals surface area contributed by atoms with Gasteiger partial charge in [0.1, 0.15) is 23.8 Å². The summed E-state index contributed by atoms with van der Waals surface area (Å²) < 4.78 is 19.6. The fourth-order valence-electron chi connectivity index (χ4n) is 3.65. The van der Waals surface area contributed by atoms with E-state index in [1.54, 1.807) is 11.6 Å². The van der Waals surface area contributed by atoms with Crippen LogP contribution in [0.15, 0.2) is 12.1 Å². The van der Waals surface area contributed by atoms with Gasteiger partial charge in [-0.15, -0.1) is 5.10 Å². The molecule has 2 aliphatic rings. The zero-order valence-electron chi connectivity index (χ0n) is 14.3. The molecule has 0 amide bonds. The lowest BCUT2D eigenvalue weighted by molar-refractivity contribution is -0.190. The van der Waals surface area contributed by atoms with Crippen molar-refractivity contribution < 1.29 is 19.3 Å². The molecule has 0 aromatic carbocycles. The Morgan fingerprint density at radius 2 is 2.00 bits per heavy atom. The first-order chi connectivity index (χ1) is 11.9. The van der Waals surface area contributed by atoms with E-state index in [1.807, 2.05) is 26.0 Å². The maximum absolute atomic E-state index is 9.59. The predicted molar refractivity (Wildman–Crippen MR) is 90.8 cm³/mol. The minimum Gasteiger partial charge on any atom is -0.394 e. The molecule has 0 radical (unpaired) electrons. The minimum atomic E-state index is -0.684. The van der Waals surface area contributed by atoms with Gasteiger partial charge in [0.2, 0.25) is 5.28 Å². The predicted octanol–water partition coefficient (Wildman–Crippen LogP) is 1.25. The van der Waals surface area contributed by atoms with E-state index in [9.17, 15) is 5.11 Å². The first-order valence-electron chi connectivity index (χ1n) is 8.26. The number of ether oxygens (including phenoxy) is 3. The Bertz CT molecular complexity index is 796. The number of anilines is 1. The molecular formula is C16H21ClN4O4. The SMILES string of the molecule is CNc1nc(Cl)nn2c(C[C@H]3O[C@H](CO)[C@H]4OC(C)(C)O[C@H]43)ccc12. The third kappa shape index (κ3) is 2.88. The van der Waals surface area contributed by atoms with Crippen LogP contribution >= 0.6 is 11.6 Å². The lowest BCUT2D eigenvalue weighted by Gasteiger charge is -2.23. The lowest BCUT2D eigenvalue weighted by Crippen LogP contribution is -2.32. The fourth-order valence-corrected chi connectivity index (χ4v) is 3.81. The molecule has 0 unspecified atom stereocenters. The summed E-state index contributed by atoms with van der Waals surface area (Å²) in [5.41, 5.74) is 1.76.